The molecule has 2 rings (SSSR count). The molecule has 0 spiro atoms. The molecular weight excluding hydrogens is 224 g/mol. The molecule has 2 aliphatic carbocycles. The molecule has 18 heavy (non-hydrogen) atoms. The maximum absolute atomic E-state index is 9.78. The van der Waals surface area contributed by atoms with Crippen LogP contribution in [0, 0.1) is 0 Å². The van der Waals surface area contributed by atoms with Crippen molar-refractivity contribution in [3.05, 3.63) is 0 Å². The summed E-state index contributed by atoms with van der Waals surface area (Å²) in [6.45, 7) is 8.29. The first-order valence-corrected chi connectivity index (χ1v) is 7.78. The van der Waals surface area contributed by atoms with Gasteiger partial charge in [0.15, 0.2) is 0 Å². The average Bonchev–Trinajstić information content (AvgIpc) is 3.09. The van der Waals surface area contributed by atoms with Crippen molar-refractivity contribution >= 4 is 0 Å². The van der Waals surface area contributed by atoms with E-state index >= 15 is 0 Å². The second kappa shape index (κ2) is 5.89. The van der Waals surface area contributed by atoms with E-state index in [4.69, 9.17) is 0 Å². The third-order valence-corrected chi connectivity index (χ3v) is 4.96. The Morgan fingerprint density at radius 2 is 2.06 bits per heavy atom. The van der Waals surface area contributed by atoms with Crippen molar-refractivity contribution in [3.63, 3.8) is 0 Å². The molecule has 2 N–H and O–H groups in total. The highest BCUT2D eigenvalue weighted by atomic mass is 16.3. The lowest BCUT2D eigenvalue weighted by Gasteiger charge is -2.35. The first kappa shape index (κ1) is 14.3. The Balaban J connectivity index is 1.95. The predicted molar refractivity (Wildman–Crippen MR) is 75.7 cm³/mol. The van der Waals surface area contributed by atoms with Crippen LogP contribution >= 0.6 is 0 Å². The van der Waals surface area contributed by atoms with E-state index in [0.717, 1.165) is 19.4 Å². The zero-order valence-corrected chi connectivity index (χ0v) is 12.3. The van der Waals surface area contributed by atoms with E-state index in [-0.39, 0.29) is 5.54 Å². The van der Waals surface area contributed by atoms with Gasteiger partial charge in [-0.15, -0.1) is 0 Å². The van der Waals surface area contributed by atoms with Gasteiger partial charge in [0.1, 0.15) is 0 Å². The molecule has 0 aromatic carbocycles. The van der Waals surface area contributed by atoms with Crippen LogP contribution < -0.4 is 5.32 Å². The fourth-order valence-corrected chi connectivity index (χ4v) is 3.53. The first-order valence-electron chi connectivity index (χ1n) is 7.78. The number of hydrogen-bond donors (Lipinski definition) is 2. The van der Waals surface area contributed by atoms with Gasteiger partial charge >= 0.3 is 0 Å². The van der Waals surface area contributed by atoms with Crippen LogP contribution in [0.4, 0.5) is 0 Å². The van der Waals surface area contributed by atoms with Gasteiger partial charge in [0.25, 0.3) is 0 Å². The maximum atomic E-state index is 9.78. The summed E-state index contributed by atoms with van der Waals surface area (Å²) >= 11 is 0. The fraction of sp³-hybridized carbons (Fsp3) is 1.00. The number of nitrogens with one attached hydrogen (secondary N) is 1. The highest BCUT2D eigenvalue weighted by molar-refractivity contribution is 5.03. The van der Waals surface area contributed by atoms with E-state index in [9.17, 15) is 5.11 Å². The van der Waals surface area contributed by atoms with Crippen LogP contribution in [-0.2, 0) is 0 Å². The van der Waals surface area contributed by atoms with E-state index in [1.165, 1.54) is 25.7 Å². The molecule has 0 saturated heterocycles. The van der Waals surface area contributed by atoms with Crippen LogP contribution in [0.3, 0.4) is 0 Å². The highest BCUT2D eigenvalue weighted by Gasteiger charge is 2.43. The summed E-state index contributed by atoms with van der Waals surface area (Å²) in [5.41, 5.74) is 0.0206. The number of nitrogens with zero attached hydrogens (tertiary/aromatic N) is 1. The van der Waals surface area contributed by atoms with Crippen LogP contribution in [-0.4, -0.2) is 46.8 Å². The third kappa shape index (κ3) is 3.06. The van der Waals surface area contributed by atoms with Gasteiger partial charge in [-0.25, -0.2) is 0 Å². The zero-order valence-electron chi connectivity index (χ0n) is 12.3. The average molecular weight is 254 g/mol. The van der Waals surface area contributed by atoms with E-state index in [1.807, 2.05) is 0 Å². The number of aliphatic hydroxyl groups excluding tert-OH is 1. The van der Waals surface area contributed by atoms with Gasteiger partial charge in [0.2, 0.25) is 0 Å². The van der Waals surface area contributed by atoms with Crippen LogP contribution in [0.25, 0.3) is 0 Å². The van der Waals surface area contributed by atoms with Crippen molar-refractivity contribution < 1.29 is 5.11 Å². The summed E-state index contributed by atoms with van der Waals surface area (Å²) in [7, 11) is 0. The van der Waals surface area contributed by atoms with Gasteiger partial charge in [-0.3, -0.25) is 4.90 Å². The molecule has 2 aliphatic rings. The lowest BCUT2D eigenvalue weighted by atomic mass is 9.97. The highest BCUT2D eigenvalue weighted by Crippen LogP contribution is 2.36. The van der Waals surface area contributed by atoms with Gasteiger partial charge in [-0.1, -0.05) is 13.8 Å². The van der Waals surface area contributed by atoms with Gasteiger partial charge in [0, 0.05) is 23.7 Å². The molecule has 0 amide bonds. The Labute approximate surface area is 112 Å². The Hall–Kier alpha value is -0.120. The molecule has 0 aromatic heterocycles. The Morgan fingerprint density at radius 1 is 1.33 bits per heavy atom. The fourth-order valence-electron chi connectivity index (χ4n) is 3.53. The molecule has 2 fully saturated rings. The minimum absolute atomic E-state index is 0.0206. The molecule has 106 valence electrons. The van der Waals surface area contributed by atoms with E-state index in [1.54, 1.807) is 0 Å². The molecule has 0 heterocycles. The van der Waals surface area contributed by atoms with Gasteiger partial charge in [-0.2, -0.15) is 0 Å². The number of hydrogen-bond acceptors (Lipinski definition) is 3. The van der Waals surface area contributed by atoms with Crippen molar-refractivity contribution in [2.45, 2.75) is 83.0 Å². The van der Waals surface area contributed by atoms with Crippen molar-refractivity contribution in [3.8, 4) is 0 Å². The van der Waals surface area contributed by atoms with Gasteiger partial charge < -0.3 is 10.4 Å². The van der Waals surface area contributed by atoms with Crippen molar-refractivity contribution in [1.82, 2.24) is 10.2 Å². The van der Waals surface area contributed by atoms with Crippen molar-refractivity contribution in [1.29, 1.82) is 0 Å². The molecule has 0 aromatic rings. The zero-order chi connectivity index (χ0) is 13.2. The molecule has 3 atom stereocenters. The Bertz CT molecular complexity index is 267. The summed E-state index contributed by atoms with van der Waals surface area (Å²) in [5.74, 6) is 0. The molecule has 3 heteroatoms. The summed E-state index contributed by atoms with van der Waals surface area (Å²) in [4.78, 5) is 2.63. The first-order chi connectivity index (χ1) is 8.64. The number of rotatable bonds is 7. The van der Waals surface area contributed by atoms with Gasteiger partial charge in [0.05, 0.1) is 6.61 Å². The topological polar surface area (TPSA) is 35.5 Å². The maximum Gasteiger partial charge on any atom is 0.0614 e. The van der Waals surface area contributed by atoms with Crippen LogP contribution in [0.5, 0.6) is 0 Å². The summed E-state index contributed by atoms with van der Waals surface area (Å²) < 4.78 is 0. The van der Waals surface area contributed by atoms with Crippen LogP contribution in [0.15, 0.2) is 0 Å². The quantitative estimate of drug-likeness (QED) is 0.731. The standard InChI is InChI=1S/C15H30N2O/c1-4-12(3)17(5-2)14-8-9-15(10-14,11-18)16-13-6-7-13/h12-14,16,18H,4-11H2,1-3H3. The second-order valence-corrected chi connectivity index (χ2v) is 6.34. The SMILES string of the molecule is CCC(C)N(CC)C1CCC(CO)(NC2CC2)C1. The number of aliphatic hydroxyl groups is 1. The molecule has 0 radical (unpaired) electrons. The minimum Gasteiger partial charge on any atom is -0.394 e. The Kier molecular flexibility index (Phi) is 4.68. The summed E-state index contributed by atoms with van der Waals surface area (Å²) in [6, 6.07) is 2.01. The second-order valence-electron chi connectivity index (χ2n) is 6.34. The molecule has 2 saturated carbocycles. The summed E-state index contributed by atoms with van der Waals surface area (Å²) in [5, 5.41) is 13.5. The Morgan fingerprint density at radius 3 is 2.56 bits per heavy atom. The van der Waals surface area contributed by atoms with E-state index in [0.29, 0.717) is 24.7 Å². The minimum atomic E-state index is 0.0206. The molecule has 0 bridgehead atoms. The molecular formula is C15H30N2O. The largest absolute Gasteiger partial charge is 0.394 e. The van der Waals surface area contributed by atoms with Crippen molar-refractivity contribution in [2.75, 3.05) is 13.2 Å². The lowest BCUT2D eigenvalue weighted by Crippen LogP contribution is -2.49. The third-order valence-electron chi connectivity index (χ3n) is 4.96. The normalized spacial score (nSPS) is 34.2. The monoisotopic (exact) mass is 254 g/mol. The lowest BCUT2D eigenvalue weighted by molar-refractivity contribution is 0.121. The summed E-state index contributed by atoms with van der Waals surface area (Å²) in [6.07, 6.45) is 7.31. The van der Waals surface area contributed by atoms with Crippen molar-refractivity contribution in [2.24, 2.45) is 0 Å². The molecule has 3 nitrogen and oxygen atoms in total. The predicted octanol–water partition coefficient (Wildman–Crippen LogP) is 2.14. The van der Waals surface area contributed by atoms with E-state index < -0.39 is 0 Å². The van der Waals surface area contributed by atoms with Crippen LogP contribution in [0.1, 0.15) is 59.3 Å². The van der Waals surface area contributed by atoms with Gasteiger partial charge in [-0.05, 0) is 52.0 Å². The molecule has 3 unspecified atom stereocenters. The van der Waals surface area contributed by atoms with Crippen LogP contribution in [0.2, 0.25) is 0 Å². The molecule has 0 aliphatic heterocycles. The van der Waals surface area contributed by atoms with E-state index in [2.05, 4.69) is 31.0 Å². The smallest absolute Gasteiger partial charge is 0.0614 e.